The molecule has 0 amide bonds. The summed E-state index contributed by atoms with van der Waals surface area (Å²) in [7, 11) is 0. The third-order valence-electron chi connectivity index (χ3n) is 8.68. The van der Waals surface area contributed by atoms with E-state index in [1.807, 2.05) is 30.5 Å². The van der Waals surface area contributed by atoms with Gasteiger partial charge >= 0.3 is 0 Å². The fraction of sp³-hybridized carbons (Fsp3) is 0. The van der Waals surface area contributed by atoms with Crippen LogP contribution in [0.4, 0.5) is 17.2 Å². The third-order valence-corrected chi connectivity index (χ3v) is 9.78. The highest BCUT2D eigenvalue weighted by molar-refractivity contribution is 7.25. The minimum absolute atomic E-state index is 0.841. The zero-order valence-electron chi connectivity index (χ0n) is 23.3. The molecule has 0 N–H and O–H groups in total. The van der Waals surface area contributed by atoms with Crippen LogP contribution in [0, 0.1) is 0 Å². The molecule has 0 aliphatic heterocycles. The van der Waals surface area contributed by atoms with Gasteiger partial charge in [0.25, 0.3) is 0 Å². The Hall–Kier alpha value is -5.65. The SMILES string of the molecule is c1ccc2cc3c(cc2c1)sc1cnc(N(c2ccc4c(c2)oc2ccccc24)c2ccc4oc5ccccc5c4c2)cc13. The van der Waals surface area contributed by atoms with E-state index in [4.69, 9.17) is 13.8 Å². The summed E-state index contributed by atoms with van der Waals surface area (Å²) in [5.41, 5.74) is 5.44. The fourth-order valence-corrected chi connectivity index (χ4v) is 7.69. The topological polar surface area (TPSA) is 42.4 Å². The number of aromatic nitrogens is 1. The summed E-state index contributed by atoms with van der Waals surface area (Å²) < 4.78 is 14.9. The summed E-state index contributed by atoms with van der Waals surface area (Å²) in [4.78, 5) is 7.28. The normalized spacial score (nSPS) is 12.1. The van der Waals surface area contributed by atoms with E-state index in [0.717, 1.165) is 61.1 Å². The first kappa shape index (κ1) is 23.9. The van der Waals surface area contributed by atoms with Crippen LogP contribution in [0.5, 0.6) is 0 Å². The first-order valence-corrected chi connectivity index (χ1v) is 15.4. The van der Waals surface area contributed by atoms with Crippen LogP contribution in [0.25, 0.3) is 74.8 Å². The Bertz CT molecular complexity index is 2750. The summed E-state index contributed by atoms with van der Waals surface area (Å²) in [6.07, 6.45) is 2.01. The number of thiophene rings is 1. The number of hydrogen-bond acceptors (Lipinski definition) is 5. The molecular weight excluding hydrogens is 561 g/mol. The van der Waals surface area contributed by atoms with Gasteiger partial charge in [-0.25, -0.2) is 4.98 Å². The second kappa shape index (κ2) is 8.93. The van der Waals surface area contributed by atoms with E-state index in [9.17, 15) is 0 Å². The number of rotatable bonds is 3. The van der Waals surface area contributed by atoms with Crippen molar-refractivity contribution in [1.82, 2.24) is 4.98 Å². The molecule has 44 heavy (non-hydrogen) atoms. The largest absolute Gasteiger partial charge is 0.456 e. The Morgan fingerprint density at radius 1 is 0.455 bits per heavy atom. The minimum atomic E-state index is 0.841. The molecule has 5 heteroatoms. The van der Waals surface area contributed by atoms with Crippen molar-refractivity contribution in [3.8, 4) is 0 Å². The lowest BCUT2D eigenvalue weighted by Crippen LogP contribution is -2.11. The second-order valence-corrected chi connectivity index (χ2v) is 12.3. The number of pyridine rings is 1. The average molecular weight is 583 g/mol. The van der Waals surface area contributed by atoms with Crippen LogP contribution in [0.15, 0.2) is 142 Å². The maximum Gasteiger partial charge on any atom is 0.138 e. The molecule has 6 aromatic carbocycles. The van der Waals surface area contributed by atoms with Gasteiger partial charge in [-0.15, -0.1) is 11.3 Å². The van der Waals surface area contributed by atoms with E-state index < -0.39 is 0 Å². The van der Waals surface area contributed by atoms with Gasteiger partial charge in [0.2, 0.25) is 0 Å². The number of fused-ring (bicyclic) bond motifs is 10. The van der Waals surface area contributed by atoms with Crippen LogP contribution >= 0.6 is 11.3 Å². The summed E-state index contributed by atoms with van der Waals surface area (Å²) in [6.45, 7) is 0. The third kappa shape index (κ3) is 3.47. The smallest absolute Gasteiger partial charge is 0.138 e. The molecule has 0 atom stereocenters. The van der Waals surface area contributed by atoms with E-state index >= 15 is 0 Å². The van der Waals surface area contributed by atoms with Crippen molar-refractivity contribution < 1.29 is 8.83 Å². The quantitative estimate of drug-likeness (QED) is 0.208. The van der Waals surface area contributed by atoms with Crippen molar-refractivity contribution in [3.05, 3.63) is 134 Å². The second-order valence-electron chi connectivity index (χ2n) is 11.2. The van der Waals surface area contributed by atoms with Gasteiger partial charge in [0.15, 0.2) is 0 Å². The number of furan rings is 2. The Kier molecular flexibility index (Phi) is 4.84. The van der Waals surface area contributed by atoms with Gasteiger partial charge in [-0.2, -0.15) is 0 Å². The molecule has 0 saturated heterocycles. The van der Waals surface area contributed by atoms with E-state index in [0.29, 0.717) is 0 Å². The highest BCUT2D eigenvalue weighted by Gasteiger charge is 2.20. The molecule has 0 fully saturated rings. The monoisotopic (exact) mass is 582 g/mol. The molecule has 206 valence electrons. The molecule has 4 heterocycles. The van der Waals surface area contributed by atoms with Crippen molar-refractivity contribution in [1.29, 1.82) is 0 Å². The molecule has 0 saturated carbocycles. The minimum Gasteiger partial charge on any atom is -0.456 e. The molecule has 0 unspecified atom stereocenters. The fourth-order valence-electron chi connectivity index (χ4n) is 6.60. The van der Waals surface area contributed by atoms with Crippen LogP contribution in [-0.4, -0.2) is 4.98 Å². The van der Waals surface area contributed by atoms with Crippen molar-refractivity contribution in [3.63, 3.8) is 0 Å². The van der Waals surface area contributed by atoms with Gasteiger partial charge in [0.1, 0.15) is 28.1 Å². The Labute approximate surface area is 255 Å². The predicted octanol–water partition coefficient (Wildman–Crippen LogP) is 11.9. The summed E-state index contributed by atoms with van der Waals surface area (Å²) in [6, 6.07) is 44.6. The van der Waals surface area contributed by atoms with Gasteiger partial charge in [0.05, 0.1) is 10.4 Å². The lowest BCUT2D eigenvalue weighted by Gasteiger charge is -2.24. The van der Waals surface area contributed by atoms with Crippen molar-refractivity contribution in [2.24, 2.45) is 0 Å². The van der Waals surface area contributed by atoms with Crippen LogP contribution in [0.3, 0.4) is 0 Å². The number of hydrogen-bond donors (Lipinski definition) is 0. The molecule has 10 rings (SSSR count). The van der Waals surface area contributed by atoms with E-state index in [2.05, 4.69) is 108 Å². The van der Waals surface area contributed by atoms with E-state index in [1.165, 1.54) is 30.9 Å². The Morgan fingerprint density at radius 2 is 1.07 bits per heavy atom. The number of nitrogens with zero attached hydrogens (tertiary/aromatic N) is 2. The van der Waals surface area contributed by atoms with Gasteiger partial charge in [-0.05, 0) is 71.4 Å². The van der Waals surface area contributed by atoms with Gasteiger partial charge in [-0.3, -0.25) is 4.90 Å². The molecule has 0 aliphatic carbocycles. The highest BCUT2D eigenvalue weighted by Crippen LogP contribution is 2.43. The molecule has 0 bridgehead atoms. The van der Waals surface area contributed by atoms with Crippen LogP contribution in [-0.2, 0) is 0 Å². The first-order chi connectivity index (χ1) is 21.8. The first-order valence-electron chi connectivity index (χ1n) is 14.6. The van der Waals surface area contributed by atoms with Crippen molar-refractivity contribution in [2.45, 2.75) is 0 Å². The van der Waals surface area contributed by atoms with Crippen LogP contribution < -0.4 is 4.90 Å². The maximum absolute atomic E-state index is 6.33. The van der Waals surface area contributed by atoms with Crippen molar-refractivity contribution in [2.75, 3.05) is 4.90 Å². The maximum atomic E-state index is 6.33. The van der Waals surface area contributed by atoms with Gasteiger partial charge in [0, 0.05) is 55.0 Å². The molecule has 10 aromatic rings. The number of anilines is 3. The number of para-hydroxylation sites is 2. The standard InChI is InChI=1S/C39H22N2O2S/c1-2-8-24-18-37-31(17-23(24)7-1)32-21-39(40-22-38(32)44-37)41(25-14-16-35-30(19-25)28-10-4-6-12-34(28)42-35)26-13-15-29-27-9-3-5-11-33(27)43-36(29)20-26/h1-22H. The predicted molar refractivity (Wildman–Crippen MR) is 184 cm³/mol. The zero-order chi connectivity index (χ0) is 28.8. The molecule has 0 aliphatic rings. The Morgan fingerprint density at radius 3 is 1.91 bits per heavy atom. The number of benzene rings is 6. The lowest BCUT2D eigenvalue weighted by molar-refractivity contribution is 0.668. The van der Waals surface area contributed by atoms with Crippen LogP contribution in [0.2, 0.25) is 0 Å². The summed E-state index contributed by atoms with van der Waals surface area (Å²) in [5, 5.41) is 9.31. The molecule has 0 spiro atoms. The van der Waals surface area contributed by atoms with Crippen LogP contribution in [0.1, 0.15) is 0 Å². The molecular formula is C39H22N2O2S. The molecule has 0 radical (unpaired) electrons. The lowest BCUT2D eigenvalue weighted by atomic mass is 10.1. The summed E-state index contributed by atoms with van der Waals surface area (Å²) >= 11 is 1.79. The van der Waals surface area contributed by atoms with E-state index in [-0.39, 0.29) is 0 Å². The van der Waals surface area contributed by atoms with Gasteiger partial charge in [-0.1, -0.05) is 60.7 Å². The highest BCUT2D eigenvalue weighted by atomic mass is 32.1. The van der Waals surface area contributed by atoms with E-state index in [1.54, 1.807) is 11.3 Å². The summed E-state index contributed by atoms with van der Waals surface area (Å²) in [5.74, 6) is 0.841. The Balaban J connectivity index is 1.23. The average Bonchev–Trinajstić information content (AvgIpc) is 3.74. The zero-order valence-corrected chi connectivity index (χ0v) is 24.1. The molecule has 4 nitrogen and oxygen atoms in total. The van der Waals surface area contributed by atoms with Crippen molar-refractivity contribution >= 4 is 103 Å². The van der Waals surface area contributed by atoms with Gasteiger partial charge < -0.3 is 8.83 Å². The molecule has 4 aromatic heterocycles.